The van der Waals surface area contributed by atoms with Crippen molar-refractivity contribution in [3.8, 4) is 0 Å². The van der Waals surface area contributed by atoms with Gasteiger partial charge in [-0.3, -0.25) is 24.0 Å². The third kappa shape index (κ3) is 7.22. The molecule has 51 heavy (non-hydrogen) atoms. The highest BCUT2D eigenvalue weighted by Crippen LogP contribution is 2.70. The second-order valence-electron chi connectivity index (χ2n) is 13.8. The van der Waals surface area contributed by atoms with Gasteiger partial charge in [0.1, 0.15) is 18.1 Å². The van der Waals surface area contributed by atoms with E-state index in [1.54, 1.807) is 0 Å². The molecule has 0 aliphatic heterocycles. The molecule has 4 rings (SSSR count). The molecule has 0 saturated heterocycles. The molecule has 4 aliphatic rings. The number of Topliss-reactive ketones (excluding diaryl/α,β-unsaturated/α-hetero) is 2. The number of aliphatic hydroxyl groups is 2. The lowest BCUT2D eigenvalue weighted by atomic mass is 9.44. The zero-order valence-electron chi connectivity index (χ0n) is 28.0. The van der Waals surface area contributed by atoms with E-state index >= 15 is 8.78 Å². The molecule has 0 spiro atoms. The van der Waals surface area contributed by atoms with Crippen LogP contribution in [0.2, 0.25) is 0 Å². The molecule has 0 aromatic carbocycles. The minimum Gasteiger partial charge on any atom is -0.457 e. The number of halogens is 2. The third-order valence-electron chi connectivity index (χ3n) is 11.0. The van der Waals surface area contributed by atoms with E-state index in [-0.39, 0.29) is 37.9 Å². The summed E-state index contributed by atoms with van der Waals surface area (Å²) >= 11 is 0. The highest BCUT2D eigenvalue weighted by atomic mass is 19.1. The van der Waals surface area contributed by atoms with Gasteiger partial charge >= 0.3 is 11.9 Å². The number of alkyl halides is 2. The second kappa shape index (κ2) is 15.1. The van der Waals surface area contributed by atoms with Gasteiger partial charge in [0, 0.05) is 36.0 Å². The number of fused-ring (bicyclic) bond motifs is 5. The van der Waals surface area contributed by atoms with Crippen molar-refractivity contribution >= 4 is 29.3 Å². The number of ether oxygens (including phenoxy) is 2. The van der Waals surface area contributed by atoms with E-state index in [9.17, 15) is 54.4 Å². The Hall–Kier alpha value is -4.39. The normalized spacial score (nSPS) is 35.0. The summed E-state index contributed by atoms with van der Waals surface area (Å²) in [5.74, 6) is -6.79. The molecule has 3 fully saturated rings. The van der Waals surface area contributed by atoms with Gasteiger partial charge in [-0.25, -0.2) is 8.78 Å². The fourth-order valence-corrected chi connectivity index (χ4v) is 8.63. The highest BCUT2D eigenvalue weighted by molar-refractivity contribution is 6.01. The number of aliphatic hydroxyl groups excluding tert-OH is 2. The number of carbonyl (C=O) groups excluding carboxylic acids is 5. The lowest BCUT2D eigenvalue weighted by Gasteiger charge is -2.63. The Balaban J connectivity index is 1.59. The predicted octanol–water partition coefficient (Wildman–Crippen LogP) is 2.00. The van der Waals surface area contributed by atoms with E-state index in [1.807, 2.05) is 0 Å². The average Bonchev–Trinajstić information content (AvgIpc) is 3.27. The fraction of sp³-hybridized carbons (Fsp3) is 0.719. The maximum atomic E-state index is 17.6. The summed E-state index contributed by atoms with van der Waals surface area (Å²) in [6.07, 6.45) is -5.69. The Morgan fingerprint density at radius 1 is 0.922 bits per heavy atom. The number of hydrogen-bond acceptors (Lipinski definition) is 15. The summed E-state index contributed by atoms with van der Waals surface area (Å²) < 4.78 is 44.3. The first kappa shape index (κ1) is 39.4. The molecule has 0 aromatic heterocycles. The van der Waals surface area contributed by atoms with Gasteiger partial charge in [0.2, 0.25) is 11.4 Å². The lowest BCUT2D eigenvalue weighted by Crippen LogP contribution is -2.71. The number of hydrogen-bond donors (Lipinski definition) is 2. The molecule has 9 atom stereocenters. The number of esters is 2. The first-order valence-electron chi connectivity index (χ1n) is 16.4. The standard InChI is InChI=1S/C32H40F2N2O15/c1-29-10-9-19(38)13-22(29)23(33)14-21-20-15-24(39)32(30(20,2)16-25(40)31(21,29)34,51-28(43)6-4-12-50-36(46)47)26(41)17-48-27(42)8-7-18(37)5-3-11-49-35(44)45/h9-10,13,20-21,23-25,39-40H,3-8,11-12,14-17H2,1-2H3/t20?,21?,23-,24+,25-,29-,30-,31-,32-/m0/s1. The number of rotatable bonds is 17. The molecule has 3 saturated carbocycles. The first-order valence-corrected chi connectivity index (χ1v) is 16.4. The van der Waals surface area contributed by atoms with E-state index < -0.39 is 137 Å². The quantitative estimate of drug-likeness (QED) is 0.0940. The number of carbonyl (C=O) groups is 5. The minimum atomic E-state index is -2.60. The monoisotopic (exact) mass is 730 g/mol. The van der Waals surface area contributed by atoms with Crippen LogP contribution < -0.4 is 0 Å². The molecule has 0 amide bonds. The first-order chi connectivity index (χ1) is 23.8. The van der Waals surface area contributed by atoms with E-state index in [2.05, 4.69) is 9.68 Å². The maximum absolute atomic E-state index is 17.6. The molecule has 2 unspecified atom stereocenters. The van der Waals surface area contributed by atoms with Crippen molar-refractivity contribution in [2.24, 2.45) is 22.7 Å². The van der Waals surface area contributed by atoms with Crippen molar-refractivity contribution in [2.75, 3.05) is 19.8 Å². The van der Waals surface area contributed by atoms with Crippen LogP contribution in [0.5, 0.6) is 0 Å². The van der Waals surface area contributed by atoms with Crippen LogP contribution in [-0.4, -0.2) is 99.1 Å². The van der Waals surface area contributed by atoms with Gasteiger partial charge in [0.05, 0.1) is 25.7 Å². The highest BCUT2D eigenvalue weighted by Gasteiger charge is 2.78. The van der Waals surface area contributed by atoms with Crippen LogP contribution in [0.1, 0.15) is 71.6 Å². The van der Waals surface area contributed by atoms with Gasteiger partial charge in [-0.05, 0) is 62.7 Å². The van der Waals surface area contributed by atoms with Crippen LogP contribution >= 0.6 is 0 Å². The molecule has 0 radical (unpaired) electrons. The third-order valence-corrected chi connectivity index (χ3v) is 11.0. The molecule has 2 N–H and O–H groups in total. The molecule has 19 heteroatoms. The predicted molar refractivity (Wildman–Crippen MR) is 163 cm³/mol. The van der Waals surface area contributed by atoms with Crippen LogP contribution in [0.15, 0.2) is 23.8 Å². The Labute approximate surface area is 289 Å². The van der Waals surface area contributed by atoms with Crippen molar-refractivity contribution in [3.63, 3.8) is 0 Å². The fourth-order valence-electron chi connectivity index (χ4n) is 8.63. The number of nitrogens with zero attached hydrogens (tertiary/aromatic N) is 2. The van der Waals surface area contributed by atoms with E-state index in [4.69, 9.17) is 9.47 Å². The zero-order chi connectivity index (χ0) is 37.9. The smallest absolute Gasteiger partial charge is 0.306 e. The van der Waals surface area contributed by atoms with Gasteiger partial charge < -0.3 is 29.4 Å². The molecule has 17 nitrogen and oxygen atoms in total. The number of allylic oxidation sites excluding steroid dienone is 4. The van der Waals surface area contributed by atoms with Gasteiger partial charge in [-0.2, -0.15) is 0 Å². The summed E-state index contributed by atoms with van der Waals surface area (Å²) in [6, 6.07) is 0. The van der Waals surface area contributed by atoms with Crippen LogP contribution in [0, 0.1) is 42.9 Å². The molecule has 282 valence electrons. The van der Waals surface area contributed by atoms with E-state index in [0.717, 1.165) is 12.2 Å². The summed E-state index contributed by atoms with van der Waals surface area (Å²) in [5, 5.41) is 41.9. The van der Waals surface area contributed by atoms with Crippen LogP contribution in [0.4, 0.5) is 8.78 Å². The maximum Gasteiger partial charge on any atom is 0.306 e. The topological polar surface area (TPSA) is 249 Å². The van der Waals surface area contributed by atoms with Crippen LogP contribution in [0.3, 0.4) is 0 Å². The molecule has 4 aliphatic carbocycles. The molecule has 0 bridgehead atoms. The van der Waals surface area contributed by atoms with Crippen molar-refractivity contribution in [1.29, 1.82) is 0 Å². The van der Waals surface area contributed by atoms with Crippen molar-refractivity contribution in [3.05, 3.63) is 44.0 Å². The Morgan fingerprint density at radius 2 is 1.55 bits per heavy atom. The Kier molecular flexibility index (Phi) is 11.6. The van der Waals surface area contributed by atoms with Crippen LogP contribution in [0.25, 0.3) is 0 Å². The molecule has 0 heterocycles. The molecular weight excluding hydrogens is 690 g/mol. The van der Waals surface area contributed by atoms with E-state index in [0.29, 0.717) is 0 Å². The summed E-state index contributed by atoms with van der Waals surface area (Å²) in [7, 11) is 0. The van der Waals surface area contributed by atoms with Gasteiger partial charge in [-0.1, -0.05) is 13.0 Å². The summed E-state index contributed by atoms with van der Waals surface area (Å²) in [4.78, 5) is 93.1. The lowest BCUT2D eigenvalue weighted by molar-refractivity contribution is -0.757. The molecular formula is C32H40F2N2O15. The average molecular weight is 731 g/mol. The second-order valence-corrected chi connectivity index (χ2v) is 13.8. The van der Waals surface area contributed by atoms with Crippen LogP contribution in [-0.2, 0) is 43.1 Å². The van der Waals surface area contributed by atoms with Gasteiger partial charge in [0.15, 0.2) is 18.1 Å². The SMILES string of the molecule is C[C@]12C=CC(=O)C=C1[C@@H](F)CC1C3C[C@@H](O)[C@](OC(=O)CCCO[N+](=O)[O-])(C(=O)COC(=O)CCC(=O)CCCO[N+](=O)[O-])[C@@]3(C)C[C@H](O)[C@@]12F. The largest absolute Gasteiger partial charge is 0.457 e. The van der Waals surface area contributed by atoms with Crippen molar-refractivity contribution in [2.45, 2.75) is 101 Å². The summed E-state index contributed by atoms with van der Waals surface area (Å²) in [6.45, 7) is 0.791. The minimum absolute atomic E-state index is 0.0123. The number of ketones is 3. The van der Waals surface area contributed by atoms with Crippen molar-refractivity contribution < 1.29 is 72.3 Å². The van der Waals surface area contributed by atoms with E-state index in [1.165, 1.54) is 19.9 Å². The Morgan fingerprint density at radius 3 is 2.18 bits per heavy atom. The zero-order valence-corrected chi connectivity index (χ0v) is 28.0. The Bertz CT molecular complexity index is 1520. The van der Waals surface area contributed by atoms with Gasteiger partial charge in [0.25, 0.3) is 10.2 Å². The van der Waals surface area contributed by atoms with Crippen molar-refractivity contribution in [1.82, 2.24) is 0 Å². The van der Waals surface area contributed by atoms with Gasteiger partial charge in [-0.15, -0.1) is 20.2 Å². The summed E-state index contributed by atoms with van der Waals surface area (Å²) in [5.41, 5.74) is -8.90. The molecule has 0 aromatic rings.